The molecule has 1 aromatic carbocycles. The first-order valence-electron chi connectivity index (χ1n) is 6.46. The molecule has 0 saturated heterocycles. The van der Waals surface area contributed by atoms with Crippen LogP contribution in [0.2, 0.25) is 0 Å². The van der Waals surface area contributed by atoms with E-state index in [1.54, 1.807) is 34.6 Å². The Balaban J connectivity index is 1.61. The van der Waals surface area contributed by atoms with E-state index < -0.39 is 0 Å². The van der Waals surface area contributed by atoms with E-state index in [9.17, 15) is 0 Å². The summed E-state index contributed by atoms with van der Waals surface area (Å²) in [5.41, 5.74) is 2.89. The maximum atomic E-state index is 4.55. The molecule has 6 heteroatoms. The predicted octanol–water partition coefficient (Wildman–Crippen LogP) is 3.62. The Hall–Kier alpha value is -2.73. The average molecular weight is 293 g/mol. The van der Waals surface area contributed by atoms with E-state index >= 15 is 0 Å². The smallest absolute Gasteiger partial charge is 0.188 e. The van der Waals surface area contributed by atoms with Gasteiger partial charge in [0.15, 0.2) is 5.13 Å². The number of hydrogen-bond donors (Lipinski definition) is 1. The van der Waals surface area contributed by atoms with Gasteiger partial charge in [-0.2, -0.15) is 5.10 Å². The largest absolute Gasteiger partial charge is 0.329 e. The number of fused-ring (bicyclic) bond motifs is 1. The highest BCUT2D eigenvalue weighted by Gasteiger charge is 2.05. The molecule has 0 fully saturated rings. The molecule has 0 aliphatic heterocycles. The lowest BCUT2D eigenvalue weighted by Crippen LogP contribution is -1.93. The quantitative estimate of drug-likeness (QED) is 0.627. The molecule has 4 rings (SSSR count). The predicted molar refractivity (Wildman–Crippen MR) is 84.3 cm³/mol. The lowest BCUT2D eigenvalue weighted by molar-refractivity contribution is 0.878. The van der Waals surface area contributed by atoms with Crippen LogP contribution in [-0.2, 0) is 0 Å². The standard InChI is InChI=1S/C15H11N5S/c1-2-4-14-13(3-1)19-15(21-14)18-11-9-17-20(10-11)12-5-7-16-8-6-12/h1-10H,(H,18,19). The minimum Gasteiger partial charge on any atom is -0.329 e. The van der Waals surface area contributed by atoms with Crippen molar-refractivity contribution in [3.8, 4) is 5.69 Å². The van der Waals surface area contributed by atoms with Crippen LogP contribution < -0.4 is 5.32 Å². The molecule has 0 amide bonds. The average Bonchev–Trinajstić information content (AvgIpc) is 3.14. The molecule has 0 saturated carbocycles. The zero-order valence-corrected chi connectivity index (χ0v) is 11.8. The summed E-state index contributed by atoms with van der Waals surface area (Å²) in [6.45, 7) is 0. The van der Waals surface area contributed by atoms with Crippen LogP contribution in [0, 0.1) is 0 Å². The second-order valence-electron chi connectivity index (χ2n) is 4.49. The fourth-order valence-corrected chi connectivity index (χ4v) is 2.96. The Morgan fingerprint density at radius 3 is 2.76 bits per heavy atom. The van der Waals surface area contributed by atoms with Gasteiger partial charge in [-0.15, -0.1) is 0 Å². The van der Waals surface area contributed by atoms with Gasteiger partial charge in [-0.05, 0) is 24.3 Å². The molecule has 5 nitrogen and oxygen atoms in total. The Kier molecular flexibility index (Phi) is 2.86. The molecule has 4 aromatic rings. The molecule has 0 radical (unpaired) electrons. The molecule has 21 heavy (non-hydrogen) atoms. The van der Waals surface area contributed by atoms with Gasteiger partial charge in [0.25, 0.3) is 0 Å². The molecule has 0 aliphatic carbocycles. The van der Waals surface area contributed by atoms with Gasteiger partial charge in [-0.3, -0.25) is 4.98 Å². The molecule has 0 unspecified atom stereocenters. The molecule has 0 atom stereocenters. The van der Waals surface area contributed by atoms with Gasteiger partial charge in [0.2, 0.25) is 0 Å². The van der Waals surface area contributed by atoms with E-state index in [0.29, 0.717) is 0 Å². The van der Waals surface area contributed by atoms with E-state index in [1.165, 1.54) is 4.70 Å². The van der Waals surface area contributed by atoms with Crippen LogP contribution in [0.25, 0.3) is 15.9 Å². The van der Waals surface area contributed by atoms with Crippen molar-refractivity contribution in [2.24, 2.45) is 0 Å². The Labute approximate surface area is 124 Å². The van der Waals surface area contributed by atoms with Crippen LogP contribution in [0.1, 0.15) is 0 Å². The number of benzene rings is 1. The molecular formula is C15H11N5S. The molecule has 3 heterocycles. The minimum absolute atomic E-state index is 0.866. The third kappa shape index (κ3) is 2.36. The van der Waals surface area contributed by atoms with Crippen molar-refractivity contribution in [1.29, 1.82) is 0 Å². The number of pyridine rings is 1. The van der Waals surface area contributed by atoms with Crippen molar-refractivity contribution >= 4 is 32.4 Å². The monoisotopic (exact) mass is 293 g/mol. The Morgan fingerprint density at radius 1 is 1.05 bits per heavy atom. The maximum Gasteiger partial charge on any atom is 0.188 e. The normalized spacial score (nSPS) is 10.9. The maximum absolute atomic E-state index is 4.55. The molecule has 1 N–H and O–H groups in total. The summed E-state index contributed by atoms with van der Waals surface area (Å²) in [6, 6.07) is 11.9. The fourth-order valence-electron chi connectivity index (χ4n) is 2.07. The van der Waals surface area contributed by atoms with Crippen molar-refractivity contribution < 1.29 is 0 Å². The van der Waals surface area contributed by atoms with E-state index in [-0.39, 0.29) is 0 Å². The van der Waals surface area contributed by atoms with Crippen molar-refractivity contribution in [2.75, 3.05) is 5.32 Å². The van der Waals surface area contributed by atoms with Crippen LogP contribution in [0.3, 0.4) is 0 Å². The highest BCUT2D eigenvalue weighted by Crippen LogP contribution is 2.27. The summed E-state index contributed by atoms with van der Waals surface area (Å²) < 4.78 is 2.97. The first kappa shape index (κ1) is 12.0. The summed E-state index contributed by atoms with van der Waals surface area (Å²) in [5, 5.41) is 8.50. The third-order valence-electron chi connectivity index (χ3n) is 3.06. The van der Waals surface area contributed by atoms with Crippen LogP contribution in [0.5, 0.6) is 0 Å². The van der Waals surface area contributed by atoms with Crippen molar-refractivity contribution in [1.82, 2.24) is 19.7 Å². The molecule has 102 valence electrons. The van der Waals surface area contributed by atoms with Gasteiger partial charge in [-0.25, -0.2) is 9.67 Å². The van der Waals surface area contributed by atoms with Crippen LogP contribution in [0.4, 0.5) is 10.8 Å². The van der Waals surface area contributed by atoms with Gasteiger partial charge in [-0.1, -0.05) is 23.5 Å². The summed E-state index contributed by atoms with van der Waals surface area (Å²) in [6.07, 6.45) is 7.21. The molecule has 0 spiro atoms. The number of hydrogen-bond acceptors (Lipinski definition) is 5. The second-order valence-corrected chi connectivity index (χ2v) is 5.52. The number of thiazole rings is 1. The summed E-state index contributed by atoms with van der Waals surface area (Å²) >= 11 is 1.63. The topological polar surface area (TPSA) is 55.6 Å². The first-order chi connectivity index (χ1) is 10.4. The number of aromatic nitrogens is 4. The summed E-state index contributed by atoms with van der Waals surface area (Å²) in [5.74, 6) is 0. The second kappa shape index (κ2) is 4.99. The van der Waals surface area contributed by atoms with Gasteiger partial charge in [0.1, 0.15) is 0 Å². The number of nitrogens with one attached hydrogen (secondary N) is 1. The van der Waals surface area contributed by atoms with Crippen LogP contribution >= 0.6 is 11.3 Å². The van der Waals surface area contributed by atoms with Crippen LogP contribution in [0.15, 0.2) is 61.2 Å². The molecule has 0 aliphatic rings. The van der Waals surface area contributed by atoms with E-state index in [1.807, 2.05) is 36.5 Å². The zero-order chi connectivity index (χ0) is 14.1. The van der Waals surface area contributed by atoms with Crippen molar-refractivity contribution in [3.05, 3.63) is 61.2 Å². The van der Waals surface area contributed by atoms with Gasteiger partial charge in [0.05, 0.1) is 34.0 Å². The van der Waals surface area contributed by atoms with Gasteiger partial charge >= 0.3 is 0 Å². The minimum atomic E-state index is 0.866. The SMILES string of the molecule is c1ccc2sc(Nc3cnn(-c4ccncc4)c3)nc2c1. The molecule has 0 bridgehead atoms. The van der Waals surface area contributed by atoms with E-state index in [0.717, 1.165) is 22.0 Å². The van der Waals surface area contributed by atoms with Crippen LogP contribution in [-0.4, -0.2) is 19.7 Å². The van der Waals surface area contributed by atoms with Gasteiger partial charge < -0.3 is 5.32 Å². The van der Waals surface area contributed by atoms with Crippen molar-refractivity contribution in [2.45, 2.75) is 0 Å². The Bertz CT molecular complexity index is 848. The first-order valence-corrected chi connectivity index (χ1v) is 7.28. The zero-order valence-electron chi connectivity index (χ0n) is 11.0. The summed E-state index contributed by atoms with van der Waals surface area (Å²) in [7, 11) is 0. The molecular weight excluding hydrogens is 282 g/mol. The number of nitrogens with zero attached hydrogens (tertiary/aromatic N) is 4. The Morgan fingerprint density at radius 2 is 1.90 bits per heavy atom. The van der Waals surface area contributed by atoms with Gasteiger partial charge in [0, 0.05) is 12.4 Å². The van der Waals surface area contributed by atoms with E-state index in [4.69, 9.17) is 0 Å². The number of para-hydroxylation sites is 1. The van der Waals surface area contributed by atoms with Crippen molar-refractivity contribution in [3.63, 3.8) is 0 Å². The number of rotatable bonds is 3. The number of anilines is 2. The highest BCUT2D eigenvalue weighted by molar-refractivity contribution is 7.22. The molecule has 3 aromatic heterocycles. The summed E-state index contributed by atoms with van der Waals surface area (Å²) in [4.78, 5) is 8.56. The van der Waals surface area contributed by atoms with E-state index in [2.05, 4.69) is 26.4 Å². The lowest BCUT2D eigenvalue weighted by atomic mass is 10.3. The lowest BCUT2D eigenvalue weighted by Gasteiger charge is -1.99. The fraction of sp³-hybridized carbons (Fsp3) is 0. The third-order valence-corrected chi connectivity index (χ3v) is 4.01. The highest BCUT2D eigenvalue weighted by atomic mass is 32.1.